The van der Waals surface area contributed by atoms with E-state index in [0.717, 1.165) is 24.0 Å². The van der Waals surface area contributed by atoms with Gasteiger partial charge in [-0.1, -0.05) is 0 Å². The van der Waals surface area contributed by atoms with E-state index in [9.17, 15) is 9.90 Å². The molecule has 0 saturated carbocycles. The molecule has 0 aromatic heterocycles. The van der Waals surface area contributed by atoms with Crippen molar-refractivity contribution in [1.29, 1.82) is 0 Å². The third-order valence-electron chi connectivity index (χ3n) is 3.91. The van der Waals surface area contributed by atoms with Crippen LogP contribution in [0.5, 0.6) is 11.5 Å². The molecule has 0 spiro atoms. The van der Waals surface area contributed by atoms with E-state index >= 15 is 0 Å². The van der Waals surface area contributed by atoms with Gasteiger partial charge in [0.1, 0.15) is 0 Å². The lowest BCUT2D eigenvalue weighted by atomic mass is 9.91. The largest absolute Gasteiger partial charge is 0.493 e. The molecular formula is C13H15NO4. The highest BCUT2D eigenvalue weighted by molar-refractivity contribution is 5.70. The van der Waals surface area contributed by atoms with Gasteiger partial charge in [0.25, 0.3) is 0 Å². The first-order valence-corrected chi connectivity index (χ1v) is 5.94. The molecule has 1 saturated heterocycles. The highest BCUT2D eigenvalue weighted by Crippen LogP contribution is 2.55. The molecule has 1 aromatic rings. The Hall–Kier alpha value is -1.91. The molecule has 1 N–H and O–H groups in total. The van der Waals surface area contributed by atoms with Crippen molar-refractivity contribution in [3.8, 4) is 11.5 Å². The normalized spacial score (nSPS) is 24.0. The van der Waals surface area contributed by atoms with Crippen LogP contribution in [0.4, 0.5) is 4.79 Å². The minimum atomic E-state index is -0.850. The number of fused-ring (bicyclic) bond motifs is 5. The minimum Gasteiger partial charge on any atom is -0.493 e. The second-order valence-electron chi connectivity index (χ2n) is 4.63. The van der Waals surface area contributed by atoms with Gasteiger partial charge in [-0.3, -0.25) is 4.90 Å². The van der Waals surface area contributed by atoms with E-state index in [2.05, 4.69) is 0 Å². The zero-order chi connectivity index (χ0) is 12.9. The van der Waals surface area contributed by atoms with Gasteiger partial charge in [0.15, 0.2) is 11.5 Å². The van der Waals surface area contributed by atoms with Crippen LogP contribution < -0.4 is 9.47 Å². The first kappa shape index (κ1) is 11.2. The average molecular weight is 249 g/mol. The topological polar surface area (TPSA) is 59.0 Å². The monoisotopic (exact) mass is 249 g/mol. The van der Waals surface area contributed by atoms with Crippen LogP contribution in [0.2, 0.25) is 0 Å². The maximum Gasteiger partial charge on any atom is 0.408 e. The van der Waals surface area contributed by atoms with Crippen LogP contribution in [0.1, 0.15) is 36.1 Å². The molecule has 1 amide bonds. The maximum atomic E-state index is 11.3. The van der Waals surface area contributed by atoms with Gasteiger partial charge in [-0.2, -0.15) is 0 Å². The molecule has 18 heavy (non-hydrogen) atoms. The lowest BCUT2D eigenvalue weighted by Gasteiger charge is -2.17. The summed E-state index contributed by atoms with van der Waals surface area (Å²) >= 11 is 0. The lowest BCUT2D eigenvalue weighted by molar-refractivity contribution is 0.130. The number of rotatable bonds is 2. The third-order valence-corrected chi connectivity index (χ3v) is 3.91. The fourth-order valence-corrected chi connectivity index (χ4v) is 3.18. The van der Waals surface area contributed by atoms with Crippen LogP contribution in [0.25, 0.3) is 0 Å². The summed E-state index contributed by atoms with van der Waals surface area (Å²) in [6.45, 7) is 0. The van der Waals surface area contributed by atoms with Gasteiger partial charge >= 0.3 is 6.09 Å². The molecule has 2 aliphatic rings. The highest BCUT2D eigenvalue weighted by Gasteiger charge is 2.47. The van der Waals surface area contributed by atoms with Crippen molar-refractivity contribution in [3.63, 3.8) is 0 Å². The number of benzene rings is 1. The van der Waals surface area contributed by atoms with Crippen LogP contribution in [0.15, 0.2) is 12.1 Å². The van der Waals surface area contributed by atoms with Gasteiger partial charge < -0.3 is 14.6 Å². The second kappa shape index (κ2) is 3.80. The molecule has 2 unspecified atom stereocenters. The van der Waals surface area contributed by atoms with Crippen molar-refractivity contribution in [2.24, 2.45) is 0 Å². The first-order valence-electron chi connectivity index (χ1n) is 5.94. The summed E-state index contributed by atoms with van der Waals surface area (Å²) < 4.78 is 10.5. The zero-order valence-corrected chi connectivity index (χ0v) is 10.3. The van der Waals surface area contributed by atoms with Crippen molar-refractivity contribution in [1.82, 2.24) is 4.90 Å². The van der Waals surface area contributed by atoms with Crippen LogP contribution in [-0.2, 0) is 0 Å². The summed E-state index contributed by atoms with van der Waals surface area (Å²) in [5.41, 5.74) is 2.12. The summed E-state index contributed by atoms with van der Waals surface area (Å²) in [7, 11) is 3.18. The van der Waals surface area contributed by atoms with Gasteiger partial charge in [-0.25, -0.2) is 4.79 Å². The molecule has 5 nitrogen and oxygen atoms in total. The highest BCUT2D eigenvalue weighted by atomic mass is 16.5. The van der Waals surface area contributed by atoms with E-state index in [1.54, 1.807) is 19.1 Å². The Morgan fingerprint density at radius 1 is 1.17 bits per heavy atom. The molecule has 1 aromatic carbocycles. The molecule has 2 aliphatic heterocycles. The summed E-state index contributed by atoms with van der Waals surface area (Å²) in [4.78, 5) is 12.8. The summed E-state index contributed by atoms with van der Waals surface area (Å²) in [5, 5.41) is 9.28. The Morgan fingerprint density at radius 3 is 1.94 bits per heavy atom. The predicted molar refractivity (Wildman–Crippen MR) is 64.1 cm³/mol. The Morgan fingerprint density at radius 2 is 1.61 bits per heavy atom. The van der Waals surface area contributed by atoms with E-state index in [4.69, 9.17) is 9.47 Å². The molecule has 0 aliphatic carbocycles. The fraction of sp³-hybridized carbons (Fsp3) is 0.462. The van der Waals surface area contributed by atoms with Gasteiger partial charge in [-0.05, 0) is 36.1 Å². The van der Waals surface area contributed by atoms with E-state index in [1.165, 1.54) is 0 Å². The number of amides is 1. The van der Waals surface area contributed by atoms with Gasteiger partial charge in [-0.15, -0.1) is 0 Å². The smallest absolute Gasteiger partial charge is 0.408 e. The van der Waals surface area contributed by atoms with E-state index in [0.29, 0.717) is 11.5 Å². The quantitative estimate of drug-likeness (QED) is 0.875. The number of nitrogens with zero attached hydrogens (tertiary/aromatic N) is 1. The predicted octanol–water partition coefficient (Wildman–Crippen LogP) is 2.57. The van der Waals surface area contributed by atoms with Crippen molar-refractivity contribution >= 4 is 6.09 Å². The maximum absolute atomic E-state index is 11.3. The van der Waals surface area contributed by atoms with Crippen molar-refractivity contribution < 1.29 is 19.4 Å². The molecule has 0 radical (unpaired) electrons. The summed E-state index contributed by atoms with van der Waals surface area (Å²) in [6.07, 6.45) is 0.926. The molecule has 96 valence electrons. The van der Waals surface area contributed by atoms with Crippen LogP contribution in [-0.4, -0.2) is 30.3 Å². The number of ether oxygens (including phenoxy) is 2. The second-order valence-corrected chi connectivity index (χ2v) is 4.63. The van der Waals surface area contributed by atoms with E-state index in [-0.39, 0.29) is 12.1 Å². The number of hydrogen-bond acceptors (Lipinski definition) is 3. The molecular weight excluding hydrogens is 234 g/mol. The summed E-state index contributed by atoms with van der Waals surface area (Å²) in [5.74, 6) is 1.32. The minimum absolute atomic E-state index is 0.0256. The fourth-order valence-electron chi connectivity index (χ4n) is 3.18. The number of hydrogen-bond donors (Lipinski definition) is 1. The number of carbonyl (C=O) groups is 1. The average Bonchev–Trinajstić information content (AvgIpc) is 2.93. The Kier molecular flexibility index (Phi) is 2.36. The standard InChI is InChI=1S/C13H15NO4/c1-17-11-5-7-8(6-12(11)18-2)10-4-3-9(7)14(10)13(15)16/h5-6,9-10H,3-4H2,1-2H3,(H,15,16). The lowest BCUT2D eigenvalue weighted by Crippen LogP contribution is -2.25. The summed E-state index contributed by atoms with van der Waals surface area (Å²) in [6, 6.07) is 3.77. The molecule has 2 bridgehead atoms. The third kappa shape index (κ3) is 1.30. The Labute approximate surface area is 105 Å². The SMILES string of the molecule is COc1cc2c(cc1OC)C1CCC2N1C(=O)O. The molecule has 3 rings (SSSR count). The zero-order valence-electron chi connectivity index (χ0n) is 10.3. The van der Waals surface area contributed by atoms with E-state index < -0.39 is 6.09 Å². The first-order chi connectivity index (χ1) is 8.67. The van der Waals surface area contributed by atoms with Crippen LogP contribution in [0.3, 0.4) is 0 Å². The number of methoxy groups -OCH3 is 2. The molecule has 2 heterocycles. The van der Waals surface area contributed by atoms with Crippen molar-refractivity contribution in [2.45, 2.75) is 24.9 Å². The molecule has 5 heteroatoms. The van der Waals surface area contributed by atoms with E-state index in [1.807, 2.05) is 12.1 Å². The van der Waals surface area contributed by atoms with Gasteiger partial charge in [0.05, 0.1) is 26.3 Å². The van der Waals surface area contributed by atoms with Crippen molar-refractivity contribution in [2.75, 3.05) is 14.2 Å². The molecule has 1 fully saturated rings. The Bertz CT molecular complexity index is 475. The van der Waals surface area contributed by atoms with Gasteiger partial charge in [0, 0.05) is 0 Å². The number of carboxylic acid groups (broad SMARTS) is 1. The van der Waals surface area contributed by atoms with Crippen molar-refractivity contribution in [3.05, 3.63) is 23.3 Å². The van der Waals surface area contributed by atoms with Gasteiger partial charge in [0.2, 0.25) is 0 Å². The van der Waals surface area contributed by atoms with Crippen LogP contribution in [0, 0.1) is 0 Å². The van der Waals surface area contributed by atoms with Crippen LogP contribution >= 0.6 is 0 Å². The Balaban J connectivity index is 2.11. The molecule has 2 atom stereocenters.